The van der Waals surface area contributed by atoms with Crippen LogP contribution in [0.1, 0.15) is 52.9 Å². The van der Waals surface area contributed by atoms with Crippen LogP contribution in [-0.2, 0) is 14.2 Å². The third-order valence-electron chi connectivity index (χ3n) is 4.73. The summed E-state index contributed by atoms with van der Waals surface area (Å²) in [6.45, 7) is 7.76. The van der Waals surface area contributed by atoms with Gasteiger partial charge in [-0.25, -0.2) is 0 Å². The highest BCUT2D eigenvalue weighted by molar-refractivity contribution is 4.90. The summed E-state index contributed by atoms with van der Waals surface area (Å²) in [5, 5.41) is 31.2. The van der Waals surface area contributed by atoms with E-state index < -0.39 is 36.9 Å². The van der Waals surface area contributed by atoms with Crippen LogP contribution in [0.5, 0.6) is 0 Å². The topological polar surface area (TPSA) is 91.6 Å². The first-order valence-electron chi connectivity index (χ1n) is 9.58. The minimum Gasteiger partial charge on any atom is -0.388 e. The summed E-state index contributed by atoms with van der Waals surface area (Å²) >= 11 is 0. The Morgan fingerprint density at radius 1 is 1.04 bits per heavy atom. The van der Waals surface area contributed by atoms with Gasteiger partial charge in [0.15, 0.2) is 6.29 Å². The van der Waals surface area contributed by atoms with Crippen molar-refractivity contribution >= 4 is 0 Å². The molecule has 0 aromatic heterocycles. The van der Waals surface area contributed by atoms with Gasteiger partial charge in [0.25, 0.3) is 0 Å². The Hall–Kier alpha value is -0.280. The number of ether oxygens (including phenoxy) is 3. The first-order chi connectivity index (χ1) is 12.0. The average Bonchev–Trinajstić information content (AvgIpc) is 2.61. The van der Waals surface area contributed by atoms with Gasteiger partial charge >= 0.3 is 0 Å². The molecule has 150 valence electrons. The van der Waals surface area contributed by atoms with Crippen molar-refractivity contribution < 1.29 is 29.5 Å². The largest absolute Gasteiger partial charge is 0.388 e. The van der Waals surface area contributed by atoms with Crippen molar-refractivity contribution in [2.24, 2.45) is 0 Å². The fourth-order valence-corrected chi connectivity index (χ4v) is 3.07. The van der Waals surface area contributed by atoms with Crippen LogP contribution in [0.15, 0.2) is 0 Å². The Morgan fingerprint density at radius 2 is 1.64 bits per heavy atom. The number of methoxy groups -OCH3 is 1. The number of hydrogen-bond acceptors (Lipinski definition) is 7. The molecule has 0 amide bonds. The quantitative estimate of drug-likeness (QED) is 0.447. The molecule has 0 radical (unpaired) electrons. The van der Waals surface area contributed by atoms with Crippen LogP contribution in [0.2, 0.25) is 0 Å². The molecule has 3 N–H and O–H groups in total. The lowest BCUT2D eigenvalue weighted by molar-refractivity contribution is -0.301. The van der Waals surface area contributed by atoms with Gasteiger partial charge in [0.1, 0.15) is 24.5 Å². The van der Waals surface area contributed by atoms with Crippen LogP contribution in [-0.4, -0.2) is 84.0 Å². The summed E-state index contributed by atoms with van der Waals surface area (Å²) in [5.41, 5.74) is 0. The zero-order valence-electron chi connectivity index (χ0n) is 16.1. The first-order valence-corrected chi connectivity index (χ1v) is 9.58. The summed E-state index contributed by atoms with van der Waals surface area (Å²) in [4.78, 5) is 2.00. The molecule has 6 unspecified atom stereocenters. The molecule has 0 aliphatic carbocycles. The second-order valence-electron chi connectivity index (χ2n) is 6.69. The van der Waals surface area contributed by atoms with E-state index in [4.69, 9.17) is 14.2 Å². The molecule has 25 heavy (non-hydrogen) atoms. The number of nitrogens with zero attached hydrogens (tertiary/aromatic N) is 1. The number of unbranched alkanes of at least 4 members (excludes halogenated alkanes) is 2. The molecule has 1 rings (SSSR count). The molecule has 1 fully saturated rings. The van der Waals surface area contributed by atoms with E-state index in [0.29, 0.717) is 6.42 Å². The van der Waals surface area contributed by atoms with Gasteiger partial charge in [-0.2, -0.15) is 0 Å². The minimum absolute atomic E-state index is 0.0269. The normalized spacial score (nSPS) is 31.4. The molecule has 0 spiro atoms. The van der Waals surface area contributed by atoms with Crippen LogP contribution in [0.3, 0.4) is 0 Å². The van der Waals surface area contributed by atoms with Gasteiger partial charge in [-0.15, -0.1) is 0 Å². The molecule has 6 atom stereocenters. The van der Waals surface area contributed by atoms with E-state index >= 15 is 0 Å². The maximum atomic E-state index is 10.5. The monoisotopic (exact) mass is 363 g/mol. The molecule has 0 aromatic rings. The summed E-state index contributed by atoms with van der Waals surface area (Å²) in [5.74, 6) is 0. The second kappa shape index (κ2) is 12.2. The Labute approximate surface area is 151 Å². The third kappa shape index (κ3) is 6.75. The van der Waals surface area contributed by atoms with Crippen molar-refractivity contribution in [3.8, 4) is 0 Å². The first kappa shape index (κ1) is 22.8. The Bertz CT molecular complexity index is 322. The number of rotatable bonds is 12. The van der Waals surface area contributed by atoms with Crippen molar-refractivity contribution in [2.45, 2.75) is 89.8 Å². The zero-order chi connectivity index (χ0) is 18.8. The van der Waals surface area contributed by atoms with E-state index in [9.17, 15) is 15.3 Å². The molecule has 1 aliphatic rings. The van der Waals surface area contributed by atoms with Crippen molar-refractivity contribution in [1.82, 2.24) is 4.90 Å². The van der Waals surface area contributed by atoms with E-state index in [1.165, 1.54) is 7.11 Å². The average molecular weight is 363 g/mol. The van der Waals surface area contributed by atoms with Gasteiger partial charge in [-0.1, -0.05) is 33.6 Å². The van der Waals surface area contributed by atoms with Gasteiger partial charge < -0.3 is 29.5 Å². The fraction of sp³-hybridized carbons (Fsp3) is 1.00. The van der Waals surface area contributed by atoms with Crippen LogP contribution in [0.4, 0.5) is 0 Å². The van der Waals surface area contributed by atoms with Gasteiger partial charge in [0, 0.05) is 20.2 Å². The van der Waals surface area contributed by atoms with Crippen molar-refractivity contribution in [3.63, 3.8) is 0 Å². The highest BCUT2D eigenvalue weighted by Gasteiger charge is 2.45. The molecular weight excluding hydrogens is 326 g/mol. The lowest BCUT2D eigenvalue weighted by Gasteiger charge is -2.42. The SMILES string of the molecule is CCCCN(CCCC)C(O)COC1C(O)C(CC)OC(OC)C1O. The van der Waals surface area contributed by atoms with Gasteiger partial charge in [-0.3, -0.25) is 4.90 Å². The van der Waals surface area contributed by atoms with E-state index in [-0.39, 0.29) is 6.61 Å². The lowest BCUT2D eigenvalue weighted by Crippen LogP contribution is -2.59. The maximum absolute atomic E-state index is 10.5. The highest BCUT2D eigenvalue weighted by Crippen LogP contribution is 2.26. The van der Waals surface area contributed by atoms with Crippen molar-refractivity contribution in [3.05, 3.63) is 0 Å². The van der Waals surface area contributed by atoms with Gasteiger partial charge in [0.2, 0.25) is 0 Å². The number of aliphatic hydroxyl groups is 3. The van der Waals surface area contributed by atoms with Gasteiger partial charge in [-0.05, 0) is 19.3 Å². The number of hydrogen-bond donors (Lipinski definition) is 3. The highest BCUT2D eigenvalue weighted by atomic mass is 16.7. The van der Waals surface area contributed by atoms with Crippen LogP contribution < -0.4 is 0 Å². The lowest BCUT2D eigenvalue weighted by atomic mass is 9.97. The fourth-order valence-electron chi connectivity index (χ4n) is 3.07. The number of aliphatic hydroxyl groups excluding tert-OH is 3. The Morgan fingerprint density at radius 3 is 2.12 bits per heavy atom. The predicted octanol–water partition coefficient (Wildman–Crippen LogP) is 1.10. The summed E-state index contributed by atoms with van der Waals surface area (Å²) < 4.78 is 16.4. The van der Waals surface area contributed by atoms with Crippen LogP contribution >= 0.6 is 0 Å². The Balaban J connectivity index is 2.63. The molecule has 0 saturated carbocycles. The molecule has 1 heterocycles. The molecule has 1 saturated heterocycles. The molecule has 0 aromatic carbocycles. The molecule has 0 bridgehead atoms. The van der Waals surface area contributed by atoms with Crippen LogP contribution in [0.25, 0.3) is 0 Å². The third-order valence-corrected chi connectivity index (χ3v) is 4.73. The molecule has 1 aliphatic heterocycles. The Kier molecular flexibility index (Phi) is 11.1. The standard InChI is InChI=1S/C18H37NO6/c1-5-8-10-19(11-9-6-2)14(20)12-24-17-15(21)13(7-3)25-18(23-4)16(17)22/h13-18,20-22H,5-12H2,1-4H3. The second-order valence-corrected chi connectivity index (χ2v) is 6.69. The minimum atomic E-state index is -1.10. The molecular formula is C18H37NO6. The van der Waals surface area contributed by atoms with E-state index in [2.05, 4.69) is 13.8 Å². The van der Waals surface area contributed by atoms with Crippen LogP contribution in [0, 0.1) is 0 Å². The van der Waals surface area contributed by atoms with Crippen molar-refractivity contribution in [2.75, 3.05) is 26.8 Å². The van der Waals surface area contributed by atoms with E-state index in [0.717, 1.165) is 38.8 Å². The van der Waals surface area contributed by atoms with Gasteiger partial charge in [0.05, 0.1) is 12.7 Å². The maximum Gasteiger partial charge on any atom is 0.186 e. The zero-order valence-corrected chi connectivity index (χ0v) is 16.1. The van der Waals surface area contributed by atoms with E-state index in [1.54, 1.807) is 0 Å². The van der Waals surface area contributed by atoms with Crippen molar-refractivity contribution in [1.29, 1.82) is 0 Å². The summed E-state index contributed by atoms with van der Waals surface area (Å²) in [7, 11) is 1.45. The van der Waals surface area contributed by atoms with E-state index in [1.807, 2.05) is 11.8 Å². The molecule has 7 nitrogen and oxygen atoms in total. The summed E-state index contributed by atoms with van der Waals surface area (Å²) in [6, 6.07) is 0. The predicted molar refractivity (Wildman–Crippen MR) is 95.1 cm³/mol. The smallest absolute Gasteiger partial charge is 0.186 e. The molecule has 7 heteroatoms. The summed E-state index contributed by atoms with van der Waals surface area (Å²) in [6.07, 6.45) is -0.275.